The summed E-state index contributed by atoms with van der Waals surface area (Å²) in [5, 5.41) is 3.36. The van der Waals surface area contributed by atoms with Gasteiger partial charge in [-0.15, -0.1) is 0 Å². The van der Waals surface area contributed by atoms with Gasteiger partial charge in [-0.25, -0.2) is 4.39 Å². The molecule has 2 aromatic rings. The van der Waals surface area contributed by atoms with Crippen molar-refractivity contribution >= 4 is 15.9 Å². The fourth-order valence-corrected chi connectivity index (χ4v) is 2.51. The normalized spacial score (nSPS) is 12.2. The van der Waals surface area contributed by atoms with Crippen LogP contribution in [0, 0.1) is 12.7 Å². The minimum atomic E-state index is -0.258. The number of hydrogen-bond donors (Lipinski definition) is 1. The zero-order chi connectivity index (χ0) is 15.4. The van der Waals surface area contributed by atoms with E-state index in [-0.39, 0.29) is 11.9 Å². The third-order valence-electron chi connectivity index (χ3n) is 3.32. The van der Waals surface area contributed by atoms with Gasteiger partial charge in [-0.2, -0.15) is 0 Å². The van der Waals surface area contributed by atoms with E-state index in [0.717, 1.165) is 22.3 Å². The average molecular weight is 352 g/mol. The van der Waals surface area contributed by atoms with E-state index in [1.54, 1.807) is 19.1 Å². The monoisotopic (exact) mass is 351 g/mol. The molecule has 2 nitrogen and oxygen atoms in total. The Kier molecular flexibility index (Phi) is 5.37. The Morgan fingerprint density at radius 2 is 2.00 bits per heavy atom. The largest absolute Gasteiger partial charge is 0.457 e. The molecule has 0 aliphatic carbocycles. The summed E-state index contributed by atoms with van der Waals surface area (Å²) in [6, 6.07) is 10.9. The van der Waals surface area contributed by atoms with Gasteiger partial charge in [0.15, 0.2) is 0 Å². The molecule has 0 bridgehead atoms. The zero-order valence-electron chi connectivity index (χ0n) is 12.4. The minimum Gasteiger partial charge on any atom is -0.457 e. The van der Waals surface area contributed by atoms with Gasteiger partial charge in [0.05, 0.1) is 0 Å². The van der Waals surface area contributed by atoms with E-state index in [2.05, 4.69) is 35.1 Å². The summed E-state index contributed by atoms with van der Waals surface area (Å²) >= 11 is 3.48. The molecular weight excluding hydrogens is 333 g/mol. The van der Waals surface area contributed by atoms with Crippen molar-refractivity contribution < 1.29 is 9.13 Å². The van der Waals surface area contributed by atoms with Gasteiger partial charge in [0, 0.05) is 22.1 Å². The molecule has 4 heteroatoms. The Morgan fingerprint density at radius 1 is 1.24 bits per heavy atom. The van der Waals surface area contributed by atoms with Crippen LogP contribution in [-0.2, 0) is 0 Å². The van der Waals surface area contributed by atoms with Gasteiger partial charge in [0.25, 0.3) is 0 Å². The minimum absolute atomic E-state index is 0.151. The van der Waals surface area contributed by atoms with E-state index in [4.69, 9.17) is 4.74 Å². The van der Waals surface area contributed by atoms with Gasteiger partial charge < -0.3 is 10.1 Å². The molecule has 0 spiro atoms. The molecule has 0 amide bonds. The van der Waals surface area contributed by atoms with E-state index >= 15 is 0 Å². The SMILES string of the molecule is CCNC(C)c1cc(Br)ccc1Oc1ccc(C)c(F)c1. The van der Waals surface area contributed by atoms with E-state index in [9.17, 15) is 4.39 Å². The maximum Gasteiger partial charge on any atom is 0.132 e. The Bertz CT molecular complexity index is 630. The van der Waals surface area contributed by atoms with Crippen molar-refractivity contribution in [2.75, 3.05) is 6.54 Å². The number of hydrogen-bond acceptors (Lipinski definition) is 2. The smallest absolute Gasteiger partial charge is 0.132 e. The van der Waals surface area contributed by atoms with Crippen LogP contribution < -0.4 is 10.1 Å². The van der Waals surface area contributed by atoms with E-state index in [0.29, 0.717) is 11.3 Å². The third-order valence-corrected chi connectivity index (χ3v) is 3.81. The first kappa shape index (κ1) is 16.0. The van der Waals surface area contributed by atoms with Crippen LogP contribution in [0.15, 0.2) is 40.9 Å². The van der Waals surface area contributed by atoms with Gasteiger partial charge in [-0.1, -0.05) is 28.9 Å². The molecule has 0 heterocycles. The Labute approximate surface area is 133 Å². The average Bonchev–Trinajstić information content (AvgIpc) is 2.45. The highest BCUT2D eigenvalue weighted by atomic mass is 79.9. The lowest BCUT2D eigenvalue weighted by molar-refractivity contribution is 0.458. The first-order chi connectivity index (χ1) is 10.0. The second-order valence-electron chi connectivity index (χ2n) is 4.97. The summed E-state index contributed by atoms with van der Waals surface area (Å²) in [5.74, 6) is 0.978. The van der Waals surface area contributed by atoms with Crippen LogP contribution in [-0.4, -0.2) is 6.54 Å². The molecular formula is C17H19BrFNO. The zero-order valence-corrected chi connectivity index (χ0v) is 14.0. The molecule has 0 aliphatic heterocycles. The Hall–Kier alpha value is -1.39. The Balaban J connectivity index is 2.32. The molecule has 112 valence electrons. The predicted octanol–water partition coefficient (Wildman–Crippen LogP) is 5.36. The molecule has 0 aliphatic rings. The summed E-state index contributed by atoms with van der Waals surface area (Å²) in [6.45, 7) is 6.74. The van der Waals surface area contributed by atoms with Gasteiger partial charge in [-0.05, 0) is 50.2 Å². The standard InChI is InChI=1S/C17H19BrFNO/c1-4-20-12(3)15-9-13(18)6-8-17(15)21-14-7-5-11(2)16(19)10-14/h5-10,12,20H,4H2,1-3H3. The van der Waals surface area contributed by atoms with Crippen molar-refractivity contribution in [3.05, 3.63) is 57.8 Å². The van der Waals surface area contributed by atoms with Crippen LogP contribution in [0.4, 0.5) is 4.39 Å². The van der Waals surface area contributed by atoms with Crippen LogP contribution in [0.25, 0.3) is 0 Å². The second-order valence-corrected chi connectivity index (χ2v) is 5.89. The lowest BCUT2D eigenvalue weighted by atomic mass is 10.1. The first-order valence-electron chi connectivity index (χ1n) is 6.98. The quantitative estimate of drug-likeness (QED) is 0.782. The second kappa shape index (κ2) is 7.05. The fourth-order valence-electron chi connectivity index (χ4n) is 2.13. The molecule has 1 atom stereocenters. The molecule has 0 saturated heterocycles. The lowest BCUT2D eigenvalue weighted by Gasteiger charge is -2.18. The van der Waals surface area contributed by atoms with Crippen LogP contribution >= 0.6 is 15.9 Å². The van der Waals surface area contributed by atoms with Gasteiger partial charge in [0.2, 0.25) is 0 Å². The summed E-state index contributed by atoms with van der Waals surface area (Å²) in [7, 11) is 0. The summed E-state index contributed by atoms with van der Waals surface area (Å²) in [5.41, 5.74) is 1.65. The van der Waals surface area contributed by atoms with Crippen LogP contribution in [0.1, 0.15) is 31.0 Å². The van der Waals surface area contributed by atoms with Crippen molar-refractivity contribution in [3.8, 4) is 11.5 Å². The van der Waals surface area contributed by atoms with Crippen LogP contribution in [0.3, 0.4) is 0 Å². The number of rotatable bonds is 5. The van der Waals surface area contributed by atoms with Crippen molar-refractivity contribution in [1.82, 2.24) is 5.32 Å². The molecule has 2 rings (SSSR count). The maximum absolute atomic E-state index is 13.6. The van der Waals surface area contributed by atoms with Crippen LogP contribution in [0.2, 0.25) is 0 Å². The van der Waals surface area contributed by atoms with Crippen LogP contribution in [0.5, 0.6) is 11.5 Å². The topological polar surface area (TPSA) is 21.3 Å². The third kappa shape index (κ3) is 4.05. The molecule has 21 heavy (non-hydrogen) atoms. The molecule has 0 saturated carbocycles. The lowest BCUT2D eigenvalue weighted by Crippen LogP contribution is -2.18. The fraction of sp³-hybridized carbons (Fsp3) is 0.294. The molecule has 0 aromatic heterocycles. The summed E-state index contributed by atoms with van der Waals surface area (Å²) in [6.07, 6.45) is 0. The van der Waals surface area contributed by atoms with Gasteiger partial charge in [-0.3, -0.25) is 0 Å². The van der Waals surface area contributed by atoms with Gasteiger partial charge >= 0.3 is 0 Å². The Morgan fingerprint density at radius 3 is 2.67 bits per heavy atom. The highest BCUT2D eigenvalue weighted by Crippen LogP contribution is 2.32. The number of aryl methyl sites for hydroxylation is 1. The first-order valence-corrected chi connectivity index (χ1v) is 7.77. The number of nitrogens with one attached hydrogen (secondary N) is 1. The number of ether oxygens (including phenoxy) is 1. The maximum atomic E-state index is 13.6. The molecule has 0 fully saturated rings. The molecule has 0 radical (unpaired) electrons. The van der Waals surface area contributed by atoms with Crippen molar-refractivity contribution in [1.29, 1.82) is 0 Å². The molecule has 1 N–H and O–H groups in total. The van der Waals surface area contributed by atoms with Gasteiger partial charge in [0.1, 0.15) is 17.3 Å². The van der Waals surface area contributed by atoms with E-state index in [1.807, 2.05) is 18.2 Å². The van der Waals surface area contributed by atoms with Crippen molar-refractivity contribution in [2.24, 2.45) is 0 Å². The highest BCUT2D eigenvalue weighted by Gasteiger charge is 2.13. The number of halogens is 2. The highest BCUT2D eigenvalue weighted by molar-refractivity contribution is 9.10. The van der Waals surface area contributed by atoms with Crippen molar-refractivity contribution in [2.45, 2.75) is 26.8 Å². The predicted molar refractivity (Wildman–Crippen MR) is 87.4 cm³/mol. The molecule has 1 unspecified atom stereocenters. The van der Waals surface area contributed by atoms with E-state index in [1.165, 1.54) is 6.07 Å². The summed E-state index contributed by atoms with van der Waals surface area (Å²) in [4.78, 5) is 0. The molecule has 2 aromatic carbocycles. The van der Waals surface area contributed by atoms with Crippen molar-refractivity contribution in [3.63, 3.8) is 0 Å². The number of benzene rings is 2. The summed E-state index contributed by atoms with van der Waals surface area (Å²) < 4.78 is 20.5. The van der Waals surface area contributed by atoms with E-state index < -0.39 is 0 Å².